The van der Waals surface area contributed by atoms with Crippen LogP contribution in [-0.4, -0.2) is 10.1 Å². The number of nitrogens with zero attached hydrogens (tertiary/aromatic N) is 1. The van der Waals surface area contributed by atoms with Gasteiger partial charge in [0.25, 0.3) is 0 Å². The van der Waals surface area contributed by atoms with Crippen molar-refractivity contribution in [1.29, 1.82) is 0 Å². The van der Waals surface area contributed by atoms with Gasteiger partial charge in [-0.3, -0.25) is 0 Å². The molecule has 1 aromatic carbocycles. The standard InChI is InChI=1S/C14H13BrClN3S/c1-9-11(15)6-7-13(18-9)19-14(20)17-8-10-4-2-3-5-12(10)16/h2-7H,8H2,1H3,(H2,17,18,19,20). The zero-order valence-corrected chi connectivity index (χ0v) is 13.9. The molecule has 2 N–H and O–H groups in total. The van der Waals surface area contributed by atoms with Crippen LogP contribution in [-0.2, 0) is 6.54 Å². The van der Waals surface area contributed by atoms with E-state index in [1.165, 1.54) is 0 Å². The highest BCUT2D eigenvalue weighted by Gasteiger charge is 2.03. The van der Waals surface area contributed by atoms with Gasteiger partial charge in [-0.05, 0) is 58.8 Å². The Morgan fingerprint density at radius 2 is 2.05 bits per heavy atom. The van der Waals surface area contributed by atoms with Crippen molar-refractivity contribution in [2.45, 2.75) is 13.5 Å². The molecule has 1 aromatic heterocycles. The van der Waals surface area contributed by atoms with Gasteiger partial charge in [0.1, 0.15) is 5.82 Å². The van der Waals surface area contributed by atoms with Gasteiger partial charge in [0.2, 0.25) is 0 Å². The Bertz CT molecular complexity index is 634. The number of benzene rings is 1. The van der Waals surface area contributed by atoms with E-state index in [0.29, 0.717) is 17.5 Å². The Morgan fingerprint density at radius 1 is 1.30 bits per heavy atom. The van der Waals surface area contributed by atoms with Crippen molar-refractivity contribution in [2.24, 2.45) is 0 Å². The molecule has 0 amide bonds. The minimum atomic E-state index is 0.513. The van der Waals surface area contributed by atoms with E-state index in [2.05, 4.69) is 31.5 Å². The van der Waals surface area contributed by atoms with Crippen LogP contribution < -0.4 is 10.6 Å². The maximum atomic E-state index is 6.08. The molecule has 20 heavy (non-hydrogen) atoms. The molecule has 0 aliphatic carbocycles. The highest BCUT2D eigenvalue weighted by Crippen LogP contribution is 2.16. The van der Waals surface area contributed by atoms with Crippen LogP contribution in [0, 0.1) is 6.92 Å². The first-order chi connectivity index (χ1) is 9.56. The molecule has 0 aliphatic heterocycles. The van der Waals surface area contributed by atoms with Crippen molar-refractivity contribution in [3.8, 4) is 0 Å². The first kappa shape index (κ1) is 15.2. The summed E-state index contributed by atoms with van der Waals surface area (Å²) in [6, 6.07) is 11.5. The second-order valence-corrected chi connectivity index (χ2v) is 5.83. The third-order valence-corrected chi connectivity index (χ3v) is 4.11. The summed E-state index contributed by atoms with van der Waals surface area (Å²) in [7, 11) is 0. The van der Waals surface area contributed by atoms with E-state index in [1.54, 1.807) is 0 Å². The quantitative estimate of drug-likeness (QED) is 0.790. The number of pyridine rings is 1. The fourth-order valence-corrected chi connectivity index (χ4v) is 2.19. The molecule has 0 atom stereocenters. The van der Waals surface area contributed by atoms with Crippen LogP contribution in [0.15, 0.2) is 40.9 Å². The van der Waals surface area contributed by atoms with Crippen LogP contribution >= 0.6 is 39.7 Å². The Balaban J connectivity index is 1.93. The molecule has 0 saturated carbocycles. The lowest BCUT2D eigenvalue weighted by atomic mass is 10.2. The largest absolute Gasteiger partial charge is 0.358 e. The molecule has 3 nitrogen and oxygen atoms in total. The Labute approximate surface area is 136 Å². The molecule has 0 aliphatic rings. The van der Waals surface area contributed by atoms with Crippen LogP contribution in [0.25, 0.3) is 0 Å². The lowest BCUT2D eigenvalue weighted by Crippen LogP contribution is -2.28. The highest BCUT2D eigenvalue weighted by molar-refractivity contribution is 9.10. The monoisotopic (exact) mass is 369 g/mol. The average Bonchev–Trinajstić information content (AvgIpc) is 2.42. The highest BCUT2D eigenvalue weighted by atomic mass is 79.9. The van der Waals surface area contributed by atoms with Gasteiger partial charge in [-0.15, -0.1) is 0 Å². The molecule has 1 heterocycles. The van der Waals surface area contributed by atoms with E-state index in [9.17, 15) is 0 Å². The second kappa shape index (κ2) is 7.02. The zero-order chi connectivity index (χ0) is 14.5. The summed E-state index contributed by atoms with van der Waals surface area (Å²) >= 11 is 14.7. The Hall–Kier alpha value is -1.17. The first-order valence-corrected chi connectivity index (χ1v) is 7.55. The van der Waals surface area contributed by atoms with Crippen LogP contribution in [0.4, 0.5) is 5.82 Å². The number of aromatic nitrogens is 1. The number of anilines is 1. The summed E-state index contributed by atoms with van der Waals surface area (Å²) in [4.78, 5) is 4.37. The molecule has 0 unspecified atom stereocenters. The SMILES string of the molecule is Cc1nc(NC(=S)NCc2ccccc2Cl)ccc1Br. The van der Waals surface area contributed by atoms with Crippen molar-refractivity contribution >= 4 is 50.7 Å². The molecule has 2 rings (SSSR count). The van der Waals surface area contributed by atoms with Crippen molar-refractivity contribution in [2.75, 3.05) is 5.32 Å². The van der Waals surface area contributed by atoms with Crippen molar-refractivity contribution < 1.29 is 0 Å². The minimum absolute atomic E-state index is 0.513. The number of hydrogen-bond donors (Lipinski definition) is 2. The van der Waals surface area contributed by atoms with Crippen LogP contribution in [0.2, 0.25) is 5.02 Å². The molecule has 0 radical (unpaired) electrons. The van der Waals surface area contributed by atoms with Crippen molar-refractivity contribution in [3.63, 3.8) is 0 Å². The van der Waals surface area contributed by atoms with Gasteiger partial charge >= 0.3 is 0 Å². The summed E-state index contributed by atoms with van der Waals surface area (Å²) in [6.07, 6.45) is 0. The maximum absolute atomic E-state index is 6.08. The first-order valence-electron chi connectivity index (χ1n) is 5.97. The molecular weight excluding hydrogens is 358 g/mol. The minimum Gasteiger partial charge on any atom is -0.358 e. The zero-order valence-electron chi connectivity index (χ0n) is 10.8. The van der Waals surface area contributed by atoms with Crippen molar-refractivity contribution in [3.05, 3.63) is 57.2 Å². The van der Waals surface area contributed by atoms with Crippen LogP contribution in [0.1, 0.15) is 11.3 Å². The van der Waals surface area contributed by atoms with E-state index < -0.39 is 0 Å². The van der Waals surface area contributed by atoms with Gasteiger partial charge in [-0.1, -0.05) is 29.8 Å². The maximum Gasteiger partial charge on any atom is 0.172 e. The average molecular weight is 371 g/mol. The van der Waals surface area contributed by atoms with Gasteiger partial charge in [0, 0.05) is 16.0 Å². The summed E-state index contributed by atoms with van der Waals surface area (Å²) in [5.74, 6) is 0.711. The smallest absolute Gasteiger partial charge is 0.172 e. The summed E-state index contributed by atoms with van der Waals surface area (Å²) in [5.41, 5.74) is 1.90. The molecule has 104 valence electrons. The van der Waals surface area contributed by atoms with Crippen molar-refractivity contribution in [1.82, 2.24) is 10.3 Å². The van der Waals surface area contributed by atoms with Gasteiger partial charge in [0.05, 0.1) is 5.69 Å². The van der Waals surface area contributed by atoms with Crippen LogP contribution in [0.5, 0.6) is 0 Å². The van der Waals surface area contributed by atoms with E-state index in [4.69, 9.17) is 23.8 Å². The third-order valence-electron chi connectivity index (χ3n) is 2.66. The molecule has 0 saturated heterocycles. The summed E-state index contributed by atoms with van der Waals surface area (Å²) in [6.45, 7) is 2.50. The second-order valence-electron chi connectivity index (χ2n) is 4.16. The molecule has 0 spiro atoms. The number of hydrogen-bond acceptors (Lipinski definition) is 2. The van der Waals surface area contributed by atoms with Gasteiger partial charge in [0.15, 0.2) is 5.11 Å². The fraction of sp³-hybridized carbons (Fsp3) is 0.143. The molecule has 0 bridgehead atoms. The normalized spacial score (nSPS) is 10.2. The summed E-state index contributed by atoms with van der Waals surface area (Å²) in [5, 5.41) is 7.39. The van der Waals surface area contributed by atoms with Crippen LogP contribution in [0.3, 0.4) is 0 Å². The predicted molar refractivity (Wildman–Crippen MR) is 91.2 cm³/mol. The Kier molecular flexibility index (Phi) is 5.34. The van der Waals surface area contributed by atoms with E-state index in [0.717, 1.165) is 20.8 Å². The van der Waals surface area contributed by atoms with Gasteiger partial charge in [-0.2, -0.15) is 0 Å². The van der Waals surface area contributed by atoms with Gasteiger partial charge in [-0.25, -0.2) is 4.98 Å². The van der Waals surface area contributed by atoms with E-state index in [-0.39, 0.29) is 0 Å². The van der Waals surface area contributed by atoms with E-state index >= 15 is 0 Å². The molecule has 0 fully saturated rings. The lowest BCUT2D eigenvalue weighted by Gasteiger charge is -2.11. The number of aryl methyl sites for hydroxylation is 1. The lowest BCUT2D eigenvalue weighted by molar-refractivity contribution is 0.925. The predicted octanol–water partition coefficient (Wildman–Crippen LogP) is 4.29. The number of nitrogens with one attached hydrogen (secondary N) is 2. The van der Waals surface area contributed by atoms with E-state index in [1.807, 2.05) is 43.3 Å². The molecule has 6 heteroatoms. The topological polar surface area (TPSA) is 37.0 Å². The number of halogens is 2. The molecular formula is C14H13BrClN3S. The Morgan fingerprint density at radius 3 is 2.75 bits per heavy atom. The fourth-order valence-electron chi connectivity index (χ4n) is 1.59. The summed E-state index contributed by atoms with van der Waals surface area (Å²) < 4.78 is 0.970. The third kappa shape index (κ3) is 4.16. The number of rotatable bonds is 3. The number of thiocarbonyl (C=S) groups is 1. The molecule has 2 aromatic rings. The van der Waals surface area contributed by atoms with Gasteiger partial charge < -0.3 is 10.6 Å².